The maximum Gasteiger partial charge on any atom is 0.158 e. The van der Waals surface area contributed by atoms with Crippen molar-refractivity contribution in [1.82, 2.24) is 0 Å². The summed E-state index contributed by atoms with van der Waals surface area (Å²) in [6.45, 7) is 1.58. The Labute approximate surface area is 144 Å². The van der Waals surface area contributed by atoms with Crippen LogP contribution in [0.1, 0.15) is 32.1 Å². The predicted molar refractivity (Wildman–Crippen MR) is 94.0 cm³/mol. The van der Waals surface area contributed by atoms with E-state index in [9.17, 15) is 0 Å². The van der Waals surface area contributed by atoms with Gasteiger partial charge in [0.05, 0.1) is 12.8 Å². The van der Waals surface area contributed by atoms with Crippen molar-refractivity contribution in [2.45, 2.75) is 38.4 Å². The highest BCUT2D eigenvalue weighted by Gasteiger charge is 2.12. The third-order valence-corrected chi connectivity index (χ3v) is 3.26. The smallest absolute Gasteiger partial charge is 0.158 e. The van der Waals surface area contributed by atoms with Gasteiger partial charge in [0.15, 0.2) is 6.29 Å². The van der Waals surface area contributed by atoms with Gasteiger partial charge >= 0.3 is 0 Å². The fourth-order valence-electron chi connectivity index (χ4n) is 2.05. The molecule has 24 heavy (non-hydrogen) atoms. The number of ether oxygens (including phenoxy) is 3. The van der Waals surface area contributed by atoms with Crippen LogP contribution in [0.5, 0.6) is 5.75 Å². The van der Waals surface area contributed by atoms with Gasteiger partial charge in [0.1, 0.15) is 19.0 Å². The fourth-order valence-corrected chi connectivity index (χ4v) is 2.05. The van der Waals surface area contributed by atoms with Gasteiger partial charge in [-0.1, -0.05) is 53.7 Å². The van der Waals surface area contributed by atoms with Crippen LogP contribution in [0.2, 0.25) is 0 Å². The monoisotopic (exact) mass is 322 g/mol. The van der Waals surface area contributed by atoms with E-state index >= 15 is 0 Å². The van der Waals surface area contributed by atoms with Crippen LogP contribution < -0.4 is 4.74 Å². The fraction of sp³-hybridized carbons (Fsp3) is 0.429. The zero-order valence-electron chi connectivity index (χ0n) is 13.8. The van der Waals surface area contributed by atoms with Crippen molar-refractivity contribution in [2.24, 2.45) is 0 Å². The standard InChI is InChI=1S/C21H22O3/c1(3-5-11-17-22-20-14-8-7-9-15-20)2-4-6-12-18-23-21-16-10-13-19-24-21/h7-9,14-15,21H,3-4,10,13,16-19H2. The van der Waals surface area contributed by atoms with E-state index in [0.29, 0.717) is 26.1 Å². The zero-order chi connectivity index (χ0) is 16.7. The lowest BCUT2D eigenvalue weighted by atomic mass is 10.2. The Kier molecular flexibility index (Phi) is 9.05. The van der Waals surface area contributed by atoms with Gasteiger partial charge in [0, 0.05) is 6.61 Å². The molecule has 2 rings (SSSR count). The van der Waals surface area contributed by atoms with Gasteiger partial charge in [-0.15, -0.1) is 0 Å². The molecule has 1 atom stereocenters. The average molecular weight is 322 g/mol. The SMILES string of the molecule is C(#CCC#CCOC1CCCCO1)CC#CCOc1ccccc1. The minimum atomic E-state index is -0.0764. The lowest BCUT2D eigenvalue weighted by molar-refractivity contribution is -0.154. The molecule has 1 fully saturated rings. The summed E-state index contributed by atoms with van der Waals surface area (Å²) >= 11 is 0. The molecule has 1 unspecified atom stereocenters. The van der Waals surface area contributed by atoms with E-state index in [1.807, 2.05) is 30.3 Å². The average Bonchev–Trinajstić information content (AvgIpc) is 2.64. The summed E-state index contributed by atoms with van der Waals surface area (Å²) in [7, 11) is 0. The maximum atomic E-state index is 5.51. The van der Waals surface area contributed by atoms with Gasteiger partial charge in [-0.25, -0.2) is 0 Å². The van der Waals surface area contributed by atoms with E-state index in [2.05, 4.69) is 35.5 Å². The molecular formula is C21H22O3. The van der Waals surface area contributed by atoms with Gasteiger partial charge in [0.25, 0.3) is 0 Å². The molecule has 1 aliphatic heterocycles. The minimum Gasteiger partial charge on any atom is -0.481 e. The van der Waals surface area contributed by atoms with Crippen molar-refractivity contribution in [3.8, 4) is 41.3 Å². The third kappa shape index (κ3) is 8.30. The van der Waals surface area contributed by atoms with E-state index in [-0.39, 0.29) is 6.29 Å². The highest BCUT2D eigenvalue weighted by molar-refractivity contribution is 5.22. The molecule has 0 saturated carbocycles. The molecule has 1 aromatic rings. The van der Waals surface area contributed by atoms with Crippen molar-refractivity contribution in [1.29, 1.82) is 0 Å². The Morgan fingerprint density at radius 2 is 1.58 bits per heavy atom. The molecule has 1 saturated heterocycles. The summed E-state index contributed by atoms with van der Waals surface area (Å²) < 4.78 is 16.4. The van der Waals surface area contributed by atoms with Crippen LogP contribution in [-0.2, 0) is 9.47 Å². The summed E-state index contributed by atoms with van der Waals surface area (Å²) in [6.07, 6.45) is 4.26. The Bertz CT molecular complexity index is 641. The first kappa shape index (κ1) is 18.0. The second-order valence-electron chi connectivity index (χ2n) is 5.12. The first-order valence-electron chi connectivity index (χ1n) is 8.23. The highest BCUT2D eigenvalue weighted by Crippen LogP contribution is 2.13. The molecule has 0 spiro atoms. The van der Waals surface area contributed by atoms with E-state index in [4.69, 9.17) is 14.2 Å². The highest BCUT2D eigenvalue weighted by atomic mass is 16.7. The van der Waals surface area contributed by atoms with Gasteiger partial charge in [-0.2, -0.15) is 0 Å². The van der Waals surface area contributed by atoms with Crippen LogP contribution >= 0.6 is 0 Å². The van der Waals surface area contributed by atoms with Gasteiger partial charge < -0.3 is 14.2 Å². The maximum absolute atomic E-state index is 5.51. The Balaban J connectivity index is 1.50. The molecule has 1 aromatic carbocycles. The molecule has 3 heteroatoms. The quantitative estimate of drug-likeness (QED) is 0.795. The van der Waals surface area contributed by atoms with E-state index < -0.39 is 0 Å². The van der Waals surface area contributed by atoms with E-state index in [1.165, 1.54) is 6.42 Å². The van der Waals surface area contributed by atoms with Crippen LogP contribution in [0, 0.1) is 35.5 Å². The lowest BCUT2D eigenvalue weighted by Gasteiger charge is -2.21. The second-order valence-corrected chi connectivity index (χ2v) is 5.12. The van der Waals surface area contributed by atoms with Crippen LogP contribution in [0.25, 0.3) is 0 Å². The van der Waals surface area contributed by atoms with Crippen molar-refractivity contribution < 1.29 is 14.2 Å². The third-order valence-electron chi connectivity index (χ3n) is 3.26. The Morgan fingerprint density at radius 3 is 2.29 bits per heavy atom. The molecule has 124 valence electrons. The number of rotatable bonds is 4. The van der Waals surface area contributed by atoms with E-state index in [1.54, 1.807) is 0 Å². The molecule has 0 radical (unpaired) electrons. The molecule has 3 nitrogen and oxygen atoms in total. The van der Waals surface area contributed by atoms with Gasteiger partial charge in [-0.05, 0) is 31.4 Å². The van der Waals surface area contributed by atoms with Crippen molar-refractivity contribution in [2.75, 3.05) is 19.8 Å². The molecule has 0 aromatic heterocycles. The largest absolute Gasteiger partial charge is 0.481 e. The van der Waals surface area contributed by atoms with E-state index in [0.717, 1.165) is 25.2 Å². The minimum absolute atomic E-state index is 0.0764. The van der Waals surface area contributed by atoms with Crippen molar-refractivity contribution in [3.63, 3.8) is 0 Å². The van der Waals surface area contributed by atoms with Gasteiger partial charge in [-0.3, -0.25) is 0 Å². The number of hydrogen-bond acceptors (Lipinski definition) is 3. The summed E-state index contributed by atoms with van der Waals surface area (Å²) in [6, 6.07) is 9.63. The van der Waals surface area contributed by atoms with Crippen LogP contribution in [0.4, 0.5) is 0 Å². The Morgan fingerprint density at radius 1 is 0.875 bits per heavy atom. The predicted octanol–water partition coefficient (Wildman–Crippen LogP) is 3.40. The number of benzene rings is 1. The number of hydrogen-bond donors (Lipinski definition) is 0. The number of para-hydroxylation sites is 1. The zero-order valence-corrected chi connectivity index (χ0v) is 13.8. The molecular weight excluding hydrogens is 300 g/mol. The summed E-state index contributed by atoms with van der Waals surface area (Å²) in [5.74, 6) is 18.6. The molecule has 0 bridgehead atoms. The Hall–Kier alpha value is -2.38. The van der Waals surface area contributed by atoms with Crippen LogP contribution in [0.3, 0.4) is 0 Å². The summed E-state index contributed by atoms with van der Waals surface area (Å²) in [5.41, 5.74) is 0. The van der Waals surface area contributed by atoms with Gasteiger partial charge in [0.2, 0.25) is 0 Å². The molecule has 1 heterocycles. The normalized spacial score (nSPS) is 15.8. The molecule has 0 amide bonds. The molecule has 0 aliphatic carbocycles. The van der Waals surface area contributed by atoms with Crippen LogP contribution in [-0.4, -0.2) is 26.1 Å². The topological polar surface area (TPSA) is 27.7 Å². The summed E-state index contributed by atoms with van der Waals surface area (Å²) in [4.78, 5) is 0. The first-order chi connectivity index (χ1) is 11.9. The van der Waals surface area contributed by atoms with Crippen molar-refractivity contribution in [3.05, 3.63) is 30.3 Å². The second kappa shape index (κ2) is 12.1. The molecule has 1 aliphatic rings. The molecule has 0 N–H and O–H groups in total. The first-order valence-corrected chi connectivity index (χ1v) is 8.23. The van der Waals surface area contributed by atoms with Crippen molar-refractivity contribution >= 4 is 0 Å². The van der Waals surface area contributed by atoms with Crippen LogP contribution in [0.15, 0.2) is 30.3 Å². The summed E-state index contributed by atoms with van der Waals surface area (Å²) in [5, 5.41) is 0. The lowest BCUT2D eigenvalue weighted by Crippen LogP contribution is -2.22.